The molecule has 0 fully saturated rings. The summed E-state index contributed by atoms with van der Waals surface area (Å²) in [7, 11) is 0. The van der Waals surface area contributed by atoms with Crippen LogP contribution in [-0.2, 0) is 28.8 Å². The van der Waals surface area contributed by atoms with Crippen molar-refractivity contribution in [2.24, 2.45) is 0 Å². The SMILES string of the molecule is O=C([O-])C=C(CC(=O)[O-])C(=O)[O-].O=C([O-])C=C(CC(=O)[O-])C(=O)[O-].[Ca+2].[Ca+2].[Ca+2]. The van der Waals surface area contributed by atoms with E-state index in [1.807, 2.05) is 0 Å². The standard InChI is InChI=1S/2C6H6O6.3Ca/c2*7-4(8)1-3(6(11)12)2-5(9)10;;;/h2*1H,2H2,(H,7,8)(H,9,10)(H,11,12);;;/q;;3*+2/p-6. The molecule has 0 unspecified atom stereocenters. The molecule has 0 amide bonds. The van der Waals surface area contributed by atoms with E-state index in [0.717, 1.165) is 0 Å². The summed E-state index contributed by atoms with van der Waals surface area (Å²) in [6.07, 6.45) is -1.75. The molecule has 132 valence electrons. The van der Waals surface area contributed by atoms with Crippen molar-refractivity contribution in [3.8, 4) is 0 Å². The maximum Gasteiger partial charge on any atom is 2.00 e. The van der Waals surface area contributed by atoms with E-state index in [2.05, 4.69) is 0 Å². The first kappa shape index (κ1) is 37.8. The first-order chi connectivity index (χ1) is 10.9. The number of hydrogen-bond acceptors (Lipinski definition) is 12. The van der Waals surface area contributed by atoms with E-state index >= 15 is 0 Å². The quantitative estimate of drug-likeness (QED) is 0.241. The second-order valence-corrected chi connectivity index (χ2v) is 3.65. The third kappa shape index (κ3) is 26.1. The van der Waals surface area contributed by atoms with Gasteiger partial charge in [-0.1, -0.05) is 0 Å². The number of carboxylic acid groups (broad SMARTS) is 6. The van der Waals surface area contributed by atoms with Crippen molar-refractivity contribution >= 4 is 149 Å². The molecule has 0 radical (unpaired) electrons. The van der Waals surface area contributed by atoms with Gasteiger partial charge in [-0.25, -0.2) is 0 Å². The van der Waals surface area contributed by atoms with Crippen molar-refractivity contribution in [2.75, 3.05) is 0 Å². The van der Waals surface area contributed by atoms with E-state index in [1.54, 1.807) is 0 Å². The fourth-order valence-electron chi connectivity index (χ4n) is 0.960. The molecule has 0 N–H and O–H groups in total. The van der Waals surface area contributed by atoms with Crippen LogP contribution in [0.2, 0.25) is 0 Å². The van der Waals surface area contributed by atoms with Crippen molar-refractivity contribution < 1.29 is 59.4 Å². The van der Waals surface area contributed by atoms with Crippen LogP contribution in [0, 0.1) is 0 Å². The predicted molar refractivity (Wildman–Crippen MR) is 72.7 cm³/mol. The van der Waals surface area contributed by atoms with Gasteiger partial charge >= 0.3 is 113 Å². The monoisotopic (exact) mass is 462 g/mol. The molecule has 0 aliphatic carbocycles. The summed E-state index contributed by atoms with van der Waals surface area (Å²) in [6.45, 7) is 0. The number of carbonyl (C=O) groups is 6. The van der Waals surface area contributed by atoms with Gasteiger partial charge in [0.1, 0.15) is 0 Å². The summed E-state index contributed by atoms with van der Waals surface area (Å²) in [5.41, 5.74) is -1.79. The van der Waals surface area contributed by atoms with Crippen molar-refractivity contribution in [2.45, 2.75) is 12.8 Å². The topological polar surface area (TPSA) is 241 Å². The van der Waals surface area contributed by atoms with E-state index in [1.165, 1.54) is 0 Å². The fourth-order valence-corrected chi connectivity index (χ4v) is 0.960. The smallest absolute Gasteiger partial charge is 0.550 e. The molecule has 0 aliphatic rings. The zero-order chi connectivity index (χ0) is 19.4. The molecule has 0 aromatic carbocycles. The first-order valence-corrected chi connectivity index (χ1v) is 5.52. The summed E-state index contributed by atoms with van der Waals surface area (Å²) in [4.78, 5) is 59.3. The molecule has 0 saturated heterocycles. The Hall–Kier alpha value is 0.0792. The molecule has 0 spiro atoms. The Labute approximate surface area is 240 Å². The van der Waals surface area contributed by atoms with Gasteiger partial charge in [-0.05, 0) is 23.3 Å². The van der Waals surface area contributed by atoms with E-state index in [0.29, 0.717) is 0 Å². The van der Waals surface area contributed by atoms with Gasteiger partial charge in [0.15, 0.2) is 0 Å². The third-order valence-corrected chi connectivity index (χ3v) is 1.78. The van der Waals surface area contributed by atoms with Crippen molar-refractivity contribution in [1.29, 1.82) is 0 Å². The predicted octanol–water partition coefficient (Wildman–Crippen LogP) is -10.0. The second kappa shape index (κ2) is 20.8. The van der Waals surface area contributed by atoms with Crippen molar-refractivity contribution in [3.05, 3.63) is 23.3 Å². The average Bonchev–Trinajstić information content (AvgIpc) is 2.35. The molecule has 0 aliphatic heterocycles. The largest absolute Gasteiger partial charge is 2.00 e. The van der Waals surface area contributed by atoms with Gasteiger partial charge in [0.25, 0.3) is 0 Å². The van der Waals surface area contributed by atoms with E-state index in [-0.39, 0.29) is 125 Å². The maximum atomic E-state index is 10.0. The molecular weight excluding hydrogens is 456 g/mol. The molecule has 0 aromatic rings. The van der Waals surface area contributed by atoms with Crippen LogP contribution in [0.4, 0.5) is 0 Å². The molecule has 12 nitrogen and oxygen atoms in total. The van der Waals surface area contributed by atoms with E-state index < -0.39 is 59.8 Å². The van der Waals surface area contributed by atoms with Gasteiger partial charge < -0.3 is 59.4 Å². The summed E-state index contributed by atoms with van der Waals surface area (Å²) in [5, 5.41) is 59.3. The number of carbonyl (C=O) groups excluding carboxylic acids is 6. The molecule has 27 heavy (non-hydrogen) atoms. The molecule has 0 aromatic heterocycles. The van der Waals surface area contributed by atoms with Crippen LogP contribution in [0.25, 0.3) is 0 Å². The zero-order valence-corrected chi connectivity index (χ0v) is 20.2. The van der Waals surface area contributed by atoms with Crippen LogP contribution in [0.5, 0.6) is 0 Å². The van der Waals surface area contributed by atoms with Gasteiger partial charge in [0.05, 0.1) is 23.9 Å². The molecule has 0 rings (SSSR count). The van der Waals surface area contributed by atoms with Crippen LogP contribution in [0.15, 0.2) is 23.3 Å². The third-order valence-electron chi connectivity index (χ3n) is 1.78. The van der Waals surface area contributed by atoms with E-state index in [4.69, 9.17) is 0 Å². The molecule has 0 heterocycles. The van der Waals surface area contributed by atoms with Crippen LogP contribution < -0.4 is 30.6 Å². The molecule has 0 atom stereocenters. The Morgan fingerprint density at radius 1 is 0.519 bits per heavy atom. The van der Waals surface area contributed by atoms with Gasteiger partial charge in [-0.3, -0.25) is 0 Å². The number of rotatable bonds is 8. The zero-order valence-electron chi connectivity index (χ0n) is 13.6. The second-order valence-electron chi connectivity index (χ2n) is 3.65. The average molecular weight is 462 g/mol. The minimum Gasteiger partial charge on any atom is -0.550 e. The summed E-state index contributed by atoms with van der Waals surface area (Å²) in [5.74, 6) is -10.7. The Balaban J connectivity index is -0.000000108. The van der Waals surface area contributed by atoms with Crippen LogP contribution in [-0.4, -0.2) is 149 Å². The fraction of sp³-hybridized carbons (Fsp3) is 0.167. The van der Waals surface area contributed by atoms with E-state index in [9.17, 15) is 59.4 Å². The van der Waals surface area contributed by atoms with Crippen molar-refractivity contribution in [1.82, 2.24) is 0 Å². The molecular formula is C12H6Ca3O12. The summed E-state index contributed by atoms with van der Waals surface area (Å²) >= 11 is 0. The van der Waals surface area contributed by atoms with Crippen LogP contribution >= 0.6 is 0 Å². The number of aliphatic carboxylic acids is 6. The Kier molecular flexibility index (Phi) is 29.1. The summed E-state index contributed by atoms with van der Waals surface area (Å²) in [6, 6.07) is 0. The normalized spacial score (nSPS) is 9.63. The van der Waals surface area contributed by atoms with Gasteiger partial charge in [0, 0.05) is 24.8 Å². The van der Waals surface area contributed by atoms with Crippen LogP contribution in [0.1, 0.15) is 12.8 Å². The Morgan fingerprint density at radius 3 is 0.852 bits per heavy atom. The molecule has 15 heteroatoms. The Bertz CT molecular complexity index is 569. The summed E-state index contributed by atoms with van der Waals surface area (Å²) < 4.78 is 0. The van der Waals surface area contributed by atoms with Gasteiger partial charge in [-0.2, -0.15) is 0 Å². The van der Waals surface area contributed by atoms with Crippen LogP contribution in [0.3, 0.4) is 0 Å². The number of carboxylic acids is 6. The van der Waals surface area contributed by atoms with Gasteiger partial charge in [0.2, 0.25) is 0 Å². The molecule has 0 bridgehead atoms. The minimum absolute atomic E-state index is 0. The maximum absolute atomic E-state index is 10.0. The minimum atomic E-state index is -1.87. The van der Waals surface area contributed by atoms with Gasteiger partial charge in [-0.15, -0.1) is 0 Å². The van der Waals surface area contributed by atoms with Crippen molar-refractivity contribution in [3.63, 3.8) is 0 Å². The first-order valence-electron chi connectivity index (χ1n) is 5.52. The number of hydrogen-bond donors (Lipinski definition) is 0. The molecule has 0 saturated carbocycles. The Morgan fingerprint density at radius 2 is 0.741 bits per heavy atom.